The van der Waals surface area contributed by atoms with Crippen LogP contribution in [0.4, 0.5) is 5.69 Å². The molecule has 2 rings (SSSR count). The molecular formula is C14H22N2O. The van der Waals surface area contributed by atoms with Gasteiger partial charge in [0.1, 0.15) is 0 Å². The van der Waals surface area contributed by atoms with Gasteiger partial charge in [0.2, 0.25) is 0 Å². The van der Waals surface area contributed by atoms with Crippen molar-refractivity contribution in [2.75, 3.05) is 32.0 Å². The van der Waals surface area contributed by atoms with Crippen LogP contribution in [0.2, 0.25) is 0 Å². The van der Waals surface area contributed by atoms with Gasteiger partial charge in [-0.25, -0.2) is 0 Å². The van der Waals surface area contributed by atoms with Gasteiger partial charge in [0.25, 0.3) is 0 Å². The molecule has 1 aliphatic rings. The monoisotopic (exact) mass is 234 g/mol. The van der Waals surface area contributed by atoms with Crippen molar-refractivity contribution in [3.8, 4) is 0 Å². The standard InChI is InChI=1S/C14H22N2O/c15-14-5-1-3-12(9-14)4-2-7-16-10-13-6-8-17-11-13/h1,3,5,9,13,16H,2,4,6-8,10-11,15H2. The fourth-order valence-corrected chi connectivity index (χ4v) is 2.22. The van der Waals surface area contributed by atoms with Crippen LogP contribution in [0.5, 0.6) is 0 Å². The zero-order valence-corrected chi connectivity index (χ0v) is 10.3. The molecule has 1 aromatic carbocycles. The van der Waals surface area contributed by atoms with E-state index in [0.29, 0.717) is 0 Å². The molecule has 3 nitrogen and oxygen atoms in total. The van der Waals surface area contributed by atoms with Crippen LogP contribution in [0.25, 0.3) is 0 Å². The van der Waals surface area contributed by atoms with Crippen LogP contribution in [0, 0.1) is 5.92 Å². The van der Waals surface area contributed by atoms with E-state index in [-0.39, 0.29) is 0 Å². The SMILES string of the molecule is Nc1cccc(CCCNCC2CCOC2)c1. The number of hydrogen-bond acceptors (Lipinski definition) is 3. The summed E-state index contributed by atoms with van der Waals surface area (Å²) in [6.45, 7) is 4.04. The van der Waals surface area contributed by atoms with Crippen molar-refractivity contribution in [3.05, 3.63) is 29.8 Å². The topological polar surface area (TPSA) is 47.3 Å². The van der Waals surface area contributed by atoms with Gasteiger partial charge >= 0.3 is 0 Å². The lowest BCUT2D eigenvalue weighted by Crippen LogP contribution is -2.24. The second kappa shape index (κ2) is 6.62. The number of aryl methyl sites for hydroxylation is 1. The second-order valence-corrected chi connectivity index (χ2v) is 4.78. The lowest BCUT2D eigenvalue weighted by atomic mass is 10.1. The summed E-state index contributed by atoms with van der Waals surface area (Å²) in [7, 11) is 0. The average molecular weight is 234 g/mol. The van der Waals surface area contributed by atoms with E-state index in [1.807, 2.05) is 12.1 Å². The molecule has 0 spiro atoms. The van der Waals surface area contributed by atoms with E-state index in [1.165, 1.54) is 12.0 Å². The molecule has 1 heterocycles. The molecule has 0 aliphatic carbocycles. The summed E-state index contributed by atoms with van der Waals surface area (Å²) in [6, 6.07) is 8.15. The molecule has 0 saturated carbocycles. The zero-order chi connectivity index (χ0) is 11.9. The van der Waals surface area contributed by atoms with Crippen molar-refractivity contribution < 1.29 is 4.74 Å². The first-order valence-electron chi connectivity index (χ1n) is 6.47. The summed E-state index contributed by atoms with van der Waals surface area (Å²) >= 11 is 0. The maximum atomic E-state index is 5.74. The highest BCUT2D eigenvalue weighted by atomic mass is 16.5. The highest BCUT2D eigenvalue weighted by molar-refractivity contribution is 5.40. The summed E-state index contributed by atoms with van der Waals surface area (Å²) in [4.78, 5) is 0. The molecule has 1 aliphatic heterocycles. The van der Waals surface area contributed by atoms with E-state index in [9.17, 15) is 0 Å². The molecule has 1 aromatic rings. The Bertz CT molecular complexity index is 335. The number of rotatable bonds is 6. The predicted octanol–water partition coefficient (Wildman–Crippen LogP) is 1.83. The minimum Gasteiger partial charge on any atom is -0.399 e. The van der Waals surface area contributed by atoms with Crippen LogP contribution < -0.4 is 11.1 Å². The maximum Gasteiger partial charge on any atom is 0.0507 e. The van der Waals surface area contributed by atoms with E-state index < -0.39 is 0 Å². The van der Waals surface area contributed by atoms with Crippen LogP contribution in [-0.4, -0.2) is 26.3 Å². The third-order valence-corrected chi connectivity index (χ3v) is 3.23. The van der Waals surface area contributed by atoms with Crippen LogP contribution in [0.15, 0.2) is 24.3 Å². The van der Waals surface area contributed by atoms with Crippen molar-refractivity contribution in [1.29, 1.82) is 0 Å². The molecular weight excluding hydrogens is 212 g/mol. The molecule has 1 saturated heterocycles. The number of benzene rings is 1. The Balaban J connectivity index is 1.56. The number of anilines is 1. The van der Waals surface area contributed by atoms with Gasteiger partial charge in [0.15, 0.2) is 0 Å². The van der Waals surface area contributed by atoms with Crippen molar-refractivity contribution in [2.45, 2.75) is 19.3 Å². The van der Waals surface area contributed by atoms with Crippen LogP contribution in [0.3, 0.4) is 0 Å². The summed E-state index contributed by atoms with van der Waals surface area (Å²) in [6.07, 6.45) is 3.47. The van der Waals surface area contributed by atoms with E-state index in [1.54, 1.807) is 0 Å². The van der Waals surface area contributed by atoms with Crippen molar-refractivity contribution >= 4 is 5.69 Å². The molecule has 94 valence electrons. The van der Waals surface area contributed by atoms with Gasteiger partial charge in [0.05, 0.1) is 6.61 Å². The van der Waals surface area contributed by atoms with Gasteiger partial charge in [-0.05, 0) is 49.4 Å². The summed E-state index contributed by atoms with van der Waals surface area (Å²) in [5.74, 6) is 0.724. The van der Waals surface area contributed by atoms with Crippen LogP contribution in [-0.2, 0) is 11.2 Å². The van der Waals surface area contributed by atoms with E-state index >= 15 is 0 Å². The predicted molar refractivity (Wildman–Crippen MR) is 71.0 cm³/mol. The van der Waals surface area contributed by atoms with Gasteiger partial charge in [-0.3, -0.25) is 0 Å². The Hall–Kier alpha value is -1.06. The Morgan fingerprint density at radius 1 is 1.41 bits per heavy atom. The fraction of sp³-hybridized carbons (Fsp3) is 0.571. The Morgan fingerprint density at radius 3 is 3.12 bits per heavy atom. The van der Waals surface area contributed by atoms with Crippen molar-refractivity contribution in [3.63, 3.8) is 0 Å². The van der Waals surface area contributed by atoms with Gasteiger partial charge < -0.3 is 15.8 Å². The minimum absolute atomic E-state index is 0.724. The van der Waals surface area contributed by atoms with Crippen LogP contribution >= 0.6 is 0 Å². The molecule has 0 aromatic heterocycles. The van der Waals surface area contributed by atoms with Crippen molar-refractivity contribution in [1.82, 2.24) is 5.32 Å². The molecule has 0 radical (unpaired) electrons. The Labute approximate surface area is 103 Å². The first-order valence-corrected chi connectivity index (χ1v) is 6.47. The molecule has 3 N–H and O–H groups in total. The largest absolute Gasteiger partial charge is 0.399 e. The molecule has 0 bridgehead atoms. The minimum atomic E-state index is 0.724. The van der Waals surface area contributed by atoms with Gasteiger partial charge in [0, 0.05) is 18.8 Å². The summed E-state index contributed by atoms with van der Waals surface area (Å²) in [5, 5.41) is 3.50. The highest BCUT2D eigenvalue weighted by Gasteiger charge is 2.14. The number of nitrogen functional groups attached to an aromatic ring is 1. The fourth-order valence-electron chi connectivity index (χ4n) is 2.22. The first-order chi connectivity index (χ1) is 8.34. The third kappa shape index (κ3) is 4.36. The number of nitrogens with one attached hydrogen (secondary N) is 1. The van der Waals surface area contributed by atoms with E-state index in [2.05, 4.69) is 17.4 Å². The number of nitrogens with two attached hydrogens (primary N) is 1. The number of ether oxygens (including phenoxy) is 1. The Kier molecular flexibility index (Phi) is 4.83. The quantitative estimate of drug-likeness (QED) is 0.583. The highest BCUT2D eigenvalue weighted by Crippen LogP contribution is 2.11. The molecule has 3 heteroatoms. The first kappa shape index (κ1) is 12.4. The molecule has 0 amide bonds. The molecule has 1 atom stereocenters. The second-order valence-electron chi connectivity index (χ2n) is 4.78. The average Bonchev–Trinajstić information content (AvgIpc) is 2.82. The summed E-state index contributed by atoms with van der Waals surface area (Å²) in [5.41, 5.74) is 7.93. The van der Waals surface area contributed by atoms with E-state index in [0.717, 1.165) is 50.8 Å². The van der Waals surface area contributed by atoms with Gasteiger partial charge in [-0.15, -0.1) is 0 Å². The normalized spacial score (nSPS) is 19.6. The molecule has 1 fully saturated rings. The lowest BCUT2D eigenvalue weighted by molar-refractivity contribution is 0.185. The molecule has 17 heavy (non-hydrogen) atoms. The third-order valence-electron chi connectivity index (χ3n) is 3.23. The number of hydrogen-bond donors (Lipinski definition) is 2. The van der Waals surface area contributed by atoms with Gasteiger partial charge in [-0.1, -0.05) is 12.1 Å². The smallest absolute Gasteiger partial charge is 0.0507 e. The lowest BCUT2D eigenvalue weighted by Gasteiger charge is -2.09. The maximum absolute atomic E-state index is 5.74. The van der Waals surface area contributed by atoms with Gasteiger partial charge in [-0.2, -0.15) is 0 Å². The van der Waals surface area contributed by atoms with Crippen molar-refractivity contribution in [2.24, 2.45) is 5.92 Å². The zero-order valence-electron chi connectivity index (χ0n) is 10.3. The van der Waals surface area contributed by atoms with E-state index in [4.69, 9.17) is 10.5 Å². The molecule has 1 unspecified atom stereocenters. The Morgan fingerprint density at radius 2 is 2.35 bits per heavy atom. The summed E-state index contributed by atoms with van der Waals surface area (Å²) < 4.78 is 5.34. The van der Waals surface area contributed by atoms with Crippen LogP contribution in [0.1, 0.15) is 18.4 Å².